The van der Waals surface area contributed by atoms with Gasteiger partial charge in [-0.3, -0.25) is 9.59 Å². The maximum atomic E-state index is 12.8. The van der Waals surface area contributed by atoms with Crippen molar-refractivity contribution >= 4 is 49.1 Å². The fraction of sp³-hybridized carbons (Fsp3) is 0.278. The van der Waals surface area contributed by atoms with Crippen molar-refractivity contribution in [3.63, 3.8) is 0 Å². The zero-order valence-electron chi connectivity index (χ0n) is 15.2. The fourth-order valence-electron chi connectivity index (χ4n) is 2.89. The lowest BCUT2D eigenvalue weighted by atomic mass is 10.2. The molecule has 8 nitrogen and oxygen atoms in total. The summed E-state index contributed by atoms with van der Waals surface area (Å²) in [6.45, 7) is 0.526. The molecule has 0 aliphatic carbocycles. The highest BCUT2D eigenvalue weighted by molar-refractivity contribution is 9.11. The maximum absolute atomic E-state index is 12.8. The molecular weight excluding hydrogens is 480 g/mol. The largest absolute Gasteiger partial charge is 0.342 e. The first kappa shape index (κ1) is 21.4. The molecule has 2 heterocycles. The van der Waals surface area contributed by atoms with Gasteiger partial charge in [0.15, 0.2) is 0 Å². The summed E-state index contributed by atoms with van der Waals surface area (Å²) >= 11 is 4.55. The SMILES string of the molecule is N#Cc1ccccc1S(=O)(=O)N1CCN(C(=O)CNC(=O)c2ccc(Br)s2)CC1. The Kier molecular flexibility index (Phi) is 6.69. The van der Waals surface area contributed by atoms with Crippen LogP contribution in [0.4, 0.5) is 0 Å². The zero-order valence-corrected chi connectivity index (χ0v) is 18.4. The summed E-state index contributed by atoms with van der Waals surface area (Å²) in [6.07, 6.45) is 0. The lowest BCUT2D eigenvalue weighted by Gasteiger charge is -2.34. The second kappa shape index (κ2) is 9.04. The average Bonchev–Trinajstić information content (AvgIpc) is 3.18. The summed E-state index contributed by atoms with van der Waals surface area (Å²) in [5, 5.41) is 11.7. The number of nitrogens with zero attached hydrogens (tertiary/aromatic N) is 3. The molecule has 1 aliphatic rings. The van der Waals surface area contributed by atoms with E-state index in [1.165, 1.54) is 32.7 Å². The molecule has 3 rings (SSSR count). The van der Waals surface area contributed by atoms with Crippen molar-refractivity contribution in [2.45, 2.75) is 4.90 Å². The van der Waals surface area contributed by atoms with Gasteiger partial charge in [-0.2, -0.15) is 9.57 Å². The van der Waals surface area contributed by atoms with Gasteiger partial charge < -0.3 is 10.2 Å². The summed E-state index contributed by atoms with van der Waals surface area (Å²) in [5.74, 6) is -0.605. The molecule has 0 radical (unpaired) electrons. The molecule has 0 unspecified atom stereocenters. The van der Waals surface area contributed by atoms with Crippen LogP contribution in [-0.4, -0.2) is 62.2 Å². The molecule has 1 aromatic carbocycles. The molecular formula is C18H17BrN4O4S2. The number of hydrogen-bond acceptors (Lipinski definition) is 6. The highest BCUT2D eigenvalue weighted by Gasteiger charge is 2.31. The first-order valence-corrected chi connectivity index (χ1v) is 11.7. The van der Waals surface area contributed by atoms with Gasteiger partial charge in [0, 0.05) is 26.2 Å². The highest BCUT2D eigenvalue weighted by atomic mass is 79.9. The molecule has 1 N–H and O–H groups in total. The van der Waals surface area contributed by atoms with Crippen molar-refractivity contribution in [2.75, 3.05) is 32.7 Å². The van der Waals surface area contributed by atoms with Gasteiger partial charge in [-0.1, -0.05) is 12.1 Å². The van der Waals surface area contributed by atoms with E-state index in [0.29, 0.717) is 4.88 Å². The minimum atomic E-state index is -3.81. The molecule has 0 atom stereocenters. The predicted octanol–water partition coefficient (Wildman–Crippen LogP) is 1.65. The Balaban J connectivity index is 1.56. The number of nitriles is 1. The molecule has 0 saturated carbocycles. The van der Waals surface area contributed by atoms with Crippen molar-refractivity contribution in [1.29, 1.82) is 5.26 Å². The molecule has 2 amide bonds. The van der Waals surface area contributed by atoms with E-state index in [2.05, 4.69) is 21.2 Å². The summed E-state index contributed by atoms with van der Waals surface area (Å²) in [7, 11) is -3.81. The molecule has 152 valence electrons. The van der Waals surface area contributed by atoms with Crippen LogP contribution in [0, 0.1) is 11.3 Å². The van der Waals surface area contributed by atoms with E-state index in [-0.39, 0.29) is 55.0 Å². The number of sulfonamides is 1. The number of amides is 2. The van der Waals surface area contributed by atoms with Crippen molar-refractivity contribution in [3.8, 4) is 6.07 Å². The second-order valence-corrected chi connectivity index (χ2v) is 10.5. The number of halogens is 1. The molecule has 2 aromatic rings. The van der Waals surface area contributed by atoms with Gasteiger partial charge >= 0.3 is 0 Å². The third-order valence-corrected chi connectivity index (χ3v) is 7.99. The maximum Gasteiger partial charge on any atom is 0.261 e. The van der Waals surface area contributed by atoms with Crippen LogP contribution in [0.1, 0.15) is 15.2 Å². The van der Waals surface area contributed by atoms with Crippen LogP contribution in [0.15, 0.2) is 45.1 Å². The van der Waals surface area contributed by atoms with Crippen LogP contribution in [0.3, 0.4) is 0 Å². The molecule has 0 spiro atoms. The van der Waals surface area contributed by atoms with Crippen molar-refractivity contribution in [2.24, 2.45) is 0 Å². The monoisotopic (exact) mass is 496 g/mol. The Morgan fingerprint density at radius 2 is 1.83 bits per heavy atom. The third-order valence-electron chi connectivity index (χ3n) is 4.41. The molecule has 0 bridgehead atoms. The van der Waals surface area contributed by atoms with E-state index < -0.39 is 10.0 Å². The van der Waals surface area contributed by atoms with Crippen molar-refractivity contribution < 1.29 is 18.0 Å². The fourth-order valence-corrected chi connectivity index (χ4v) is 5.76. The molecule has 11 heteroatoms. The predicted molar refractivity (Wildman–Crippen MR) is 111 cm³/mol. The standard InChI is InChI=1S/C18H17BrN4O4S2/c19-16-6-5-14(28-16)18(25)21-12-17(24)22-7-9-23(10-8-22)29(26,27)15-4-2-1-3-13(15)11-20/h1-6H,7-10,12H2,(H,21,25). The summed E-state index contributed by atoms with van der Waals surface area (Å²) < 4.78 is 27.8. The molecule has 1 aliphatic heterocycles. The van der Waals surface area contributed by atoms with Crippen LogP contribution >= 0.6 is 27.3 Å². The number of carbonyl (C=O) groups excluding carboxylic acids is 2. The second-order valence-electron chi connectivity index (χ2n) is 6.18. The Morgan fingerprint density at radius 3 is 2.45 bits per heavy atom. The van der Waals surface area contributed by atoms with Gasteiger partial charge in [0.1, 0.15) is 6.07 Å². The van der Waals surface area contributed by atoms with Crippen molar-refractivity contribution in [1.82, 2.24) is 14.5 Å². The summed E-state index contributed by atoms with van der Waals surface area (Å²) in [5.41, 5.74) is 0.0916. The molecule has 1 fully saturated rings. The number of thiophene rings is 1. The van der Waals surface area contributed by atoms with Gasteiger partial charge in [-0.05, 0) is 40.2 Å². The van der Waals surface area contributed by atoms with Crippen LogP contribution < -0.4 is 5.32 Å². The van der Waals surface area contributed by atoms with E-state index in [9.17, 15) is 18.0 Å². The zero-order chi connectivity index (χ0) is 21.0. The van der Waals surface area contributed by atoms with Crippen LogP contribution in [0.5, 0.6) is 0 Å². The summed E-state index contributed by atoms with van der Waals surface area (Å²) in [4.78, 5) is 26.4. The molecule has 29 heavy (non-hydrogen) atoms. The van der Waals surface area contributed by atoms with E-state index in [0.717, 1.165) is 3.79 Å². The van der Waals surface area contributed by atoms with E-state index in [1.54, 1.807) is 24.3 Å². The molecule has 1 aromatic heterocycles. The van der Waals surface area contributed by atoms with Crippen LogP contribution in [0.2, 0.25) is 0 Å². The third kappa shape index (κ3) is 4.84. The minimum Gasteiger partial charge on any atom is -0.342 e. The highest BCUT2D eigenvalue weighted by Crippen LogP contribution is 2.22. The Hall–Kier alpha value is -2.26. The molecule has 1 saturated heterocycles. The number of benzene rings is 1. The number of carbonyl (C=O) groups is 2. The van der Waals surface area contributed by atoms with Crippen LogP contribution in [0.25, 0.3) is 0 Å². The Labute approximate surface area is 180 Å². The number of hydrogen-bond donors (Lipinski definition) is 1. The quantitative estimate of drug-likeness (QED) is 0.676. The first-order valence-electron chi connectivity index (χ1n) is 8.63. The lowest BCUT2D eigenvalue weighted by molar-refractivity contribution is -0.131. The smallest absolute Gasteiger partial charge is 0.261 e. The first-order chi connectivity index (χ1) is 13.8. The van der Waals surface area contributed by atoms with E-state index in [1.807, 2.05) is 6.07 Å². The summed E-state index contributed by atoms with van der Waals surface area (Å²) in [6, 6.07) is 11.4. The topological polar surface area (TPSA) is 111 Å². The normalized spacial score (nSPS) is 15.0. The number of nitrogens with one attached hydrogen (secondary N) is 1. The lowest BCUT2D eigenvalue weighted by Crippen LogP contribution is -2.52. The van der Waals surface area contributed by atoms with E-state index >= 15 is 0 Å². The van der Waals surface area contributed by atoms with Gasteiger partial charge in [0.05, 0.1) is 25.7 Å². The Morgan fingerprint density at radius 1 is 1.14 bits per heavy atom. The van der Waals surface area contributed by atoms with Gasteiger partial charge in [-0.15, -0.1) is 11.3 Å². The minimum absolute atomic E-state index is 0.0309. The van der Waals surface area contributed by atoms with Crippen molar-refractivity contribution in [3.05, 3.63) is 50.6 Å². The van der Waals surface area contributed by atoms with Crippen LogP contribution in [-0.2, 0) is 14.8 Å². The number of rotatable bonds is 5. The van der Waals surface area contributed by atoms with Gasteiger partial charge in [-0.25, -0.2) is 8.42 Å². The average molecular weight is 497 g/mol. The van der Waals surface area contributed by atoms with Gasteiger partial charge in [0.25, 0.3) is 5.91 Å². The number of piperazine rings is 1. The van der Waals surface area contributed by atoms with Gasteiger partial charge in [0.2, 0.25) is 15.9 Å². The Bertz CT molecular complexity index is 1070. The van der Waals surface area contributed by atoms with E-state index in [4.69, 9.17) is 5.26 Å².